The number of likely N-dealkylation sites (N-methyl/N-ethyl adjacent to an activating group) is 1. The Morgan fingerprint density at radius 2 is 1.98 bits per heavy atom. The number of hydrogen-bond acceptors (Lipinski definition) is 8. The molecule has 3 aliphatic heterocycles. The zero-order valence-electron chi connectivity index (χ0n) is 29.0. The molecule has 1 aromatic heterocycles. The van der Waals surface area contributed by atoms with Crippen molar-refractivity contribution in [3.8, 4) is 28.4 Å². The van der Waals surface area contributed by atoms with Crippen molar-refractivity contribution in [1.82, 2.24) is 19.4 Å². The van der Waals surface area contributed by atoms with E-state index < -0.39 is 11.9 Å². The van der Waals surface area contributed by atoms with Crippen LogP contribution >= 0.6 is 23.2 Å². The molecular weight excluding hydrogens is 696 g/mol. The van der Waals surface area contributed by atoms with Crippen molar-refractivity contribution in [3.05, 3.63) is 86.2 Å². The molecular formula is C38H40Cl2FN5O5. The van der Waals surface area contributed by atoms with Crippen LogP contribution in [0.25, 0.3) is 11.1 Å². The van der Waals surface area contributed by atoms with Crippen LogP contribution in [0.4, 0.5) is 10.1 Å². The molecule has 0 aliphatic carbocycles. The molecule has 0 bridgehead atoms. The summed E-state index contributed by atoms with van der Waals surface area (Å²) in [5.74, 6) is 0.169. The predicted molar refractivity (Wildman–Crippen MR) is 194 cm³/mol. The highest BCUT2D eigenvalue weighted by Gasteiger charge is 2.33. The molecule has 7 rings (SSSR count). The number of carbonyl (C=O) groups excluding carboxylic acids is 2. The first-order chi connectivity index (χ1) is 24.6. The van der Waals surface area contributed by atoms with Crippen LogP contribution in [0.5, 0.6) is 17.2 Å². The van der Waals surface area contributed by atoms with E-state index in [1.165, 1.54) is 7.11 Å². The van der Waals surface area contributed by atoms with Crippen LogP contribution in [0.1, 0.15) is 57.6 Å². The minimum Gasteiger partial charge on any atom is -0.493 e. The summed E-state index contributed by atoms with van der Waals surface area (Å²) >= 11 is 13.7. The first-order valence-electron chi connectivity index (χ1n) is 17.0. The zero-order valence-corrected chi connectivity index (χ0v) is 30.5. The van der Waals surface area contributed by atoms with E-state index in [1.54, 1.807) is 12.1 Å². The van der Waals surface area contributed by atoms with Gasteiger partial charge in [0, 0.05) is 68.5 Å². The zero-order chi connectivity index (χ0) is 36.0. The Morgan fingerprint density at radius 1 is 1.16 bits per heavy atom. The van der Waals surface area contributed by atoms with E-state index in [0.717, 1.165) is 66.8 Å². The van der Waals surface area contributed by atoms with E-state index in [9.17, 15) is 9.59 Å². The van der Waals surface area contributed by atoms with Crippen LogP contribution in [-0.4, -0.2) is 71.9 Å². The number of benzene rings is 3. The number of likely N-dealkylation sites (tertiary alicyclic amines) is 1. The number of methoxy groups -OCH3 is 1. The molecule has 0 radical (unpaired) electrons. The number of anilines is 1. The highest BCUT2D eigenvalue weighted by molar-refractivity contribution is 6.36. The van der Waals surface area contributed by atoms with Crippen molar-refractivity contribution in [2.45, 2.75) is 45.4 Å². The van der Waals surface area contributed by atoms with Crippen molar-refractivity contribution >= 4 is 41.1 Å². The second-order valence-corrected chi connectivity index (χ2v) is 14.3. The number of nitrogens with one attached hydrogen (secondary N) is 1. The van der Waals surface area contributed by atoms with E-state index in [4.69, 9.17) is 37.4 Å². The SMILES string of the molecule is COc1c(CN2CCC(CC=O)C2)cc(Cl)c(OC2COc3ccc(-c4cccc(NC(=O)c5nc6c(n5C)CCN(C)C6)c4Cl)c(C)c32)c1F. The lowest BCUT2D eigenvalue weighted by Gasteiger charge is -2.22. The van der Waals surface area contributed by atoms with Crippen molar-refractivity contribution in [3.63, 3.8) is 0 Å². The molecule has 1 amide bonds. The maximum absolute atomic E-state index is 16.1. The lowest BCUT2D eigenvalue weighted by molar-refractivity contribution is -0.108. The van der Waals surface area contributed by atoms with Gasteiger partial charge < -0.3 is 33.8 Å². The molecule has 0 saturated carbocycles. The Morgan fingerprint density at radius 3 is 2.76 bits per heavy atom. The first-order valence-corrected chi connectivity index (χ1v) is 17.8. The molecule has 3 aliphatic rings. The predicted octanol–water partition coefficient (Wildman–Crippen LogP) is 7.01. The van der Waals surface area contributed by atoms with Gasteiger partial charge in [-0.3, -0.25) is 9.69 Å². The Bertz CT molecular complexity index is 2020. The number of aromatic nitrogens is 2. The maximum atomic E-state index is 16.1. The third kappa shape index (κ3) is 6.68. The lowest BCUT2D eigenvalue weighted by Crippen LogP contribution is -2.27. The average molecular weight is 737 g/mol. The number of amides is 1. The van der Waals surface area contributed by atoms with Gasteiger partial charge >= 0.3 is 0 Å². The Balaban J connectivity index is 1.13. The molecule has 51 heavy (non-hydrogen) atoms. The Labute approximate surface area is 306 Å². The number of hydrogen-bond donors (Lipinski definition) is 1. The molecule has 13 heteroatoms. The summed E-state index contributed by atoms with van der Waals surface area (Å²) in [6.45, 7) is 5.69. The first kappa shape index (κ1) is 35.3. The number of carbonyl (C=O) groups is 2. The summed E-state index contributed by atoms with van der Waals surface area (Å²) in [5, 5.41) is 3.46. The molecule has 0 spiro atoms. The van der Waals surface area contributed by atoms with Gasteiger partial charge in [-0.1, -0.05) is 41.4 Å². The average Bonchev–Trinajstić information content (AvgIpc) is 3.82. The minimum absolute atomic E-state index is 0.0709. The van der Waals surface area contributed by atoms with E-state index in [0.29, 0.717) is 58.8 Å². The standard InChI is InChI=1S/C38H40Cl2FN5O5/c1-21-24(25-6-5-7-27(33(25)40)43-38(48)37-42-28-19-44(2)13-11-29(28)45(37)3)8-9-30-32(21)31(20-50-30)51-36-26(39)16-23(35(49-4)34(36)41)18-46-14-10-22(17-46)12-15-47/h5-9,15-16,22,31H,10-14,17-20H2,1-4H3,(H,43,48). The summed E-state index contributed by atoms with van der Waals surface area (Å²) in [7, 11) is 5.32. The van der Waals surface area contributed by atoms with Gasteiger partial charge in [0.05, 0.1) is 28.5 Å². The molecule has 268 valence electrons. The van der Waals surface area contributed by atoms with Crippen molar-refractivity contribution < 1.29 is 28.2 Å². The monoisotopic (exact) mass is 735 g/mol. The topological polar surface area (TPSA) is 98.2 Å². The van der Waals surface area contributed by atoms with Gasteiger partial charge in [-0.25, -0.2) is 4.98 Å². The quantitative estimate of drug-likeness (QED) is 0.174. The van der Waals surface area contributed by atoms with Crippen LogP contribution in [0.2, 0.25) is 10.0 Å². The summed E-state index contributed by atoms with van der Waals surface area (Å²) in [4.78, 5) is 33.4. The number of nitrogens with zero attached hydrogens (tertiary/aromatic N) is 4. The fraction of sp³-hybridized carbons (Fsp3) is 0.395. The molecule has 2 unspecified atom stereocenters. The van der Waals surface area contributed by atoms with Crippen LogP contribution in [0.3, 0.4) is 0 Å². The van der Waals surface area contributed by atoms with Gasteiger partial charge in [0.1, 0.15) is 18.6 Å². The molecule has 1 N–H and O–H groups in total. The molecule has 4 aromatic rings. The van der Waals surface area contributed by atoms with Crippen molar-refractivity contribution in [1.29, 1.82) is 0 Å². The normalized spacial score (nSPS) is 18.6. The van der Waals surface area contributed by atoms with Crippen LogP contribution in [0.15, 0.2) is 36.4 Å². The van der Waals surface area contributed by atoms with E-state index >= 15 is 4.39 Å². The number of halogens is 3. The van der Waals surface area contributed by atoms with Gasteiger partial charge in [-0.05, 0) is 62.2 Å². The fourth-order valence-corrected chi connectivity index (χ4v) is 8.12. The number of fused-ring (bicyclic) bond motifs is 2. The smallest absolute Gasteiger partial charge is 0.291 e. The summed E-state index contributed by atoms with van der Waals surface area (Å²) in [5.41, 5.74) is 6.13. The van der Waals surface area contributed by atoms with Gasteiger partial charge in [0.15, 0.2) is 23.4 Å². The van der Waals surface area contributed by atoms with Crippen molar-refractivity contribution in [2.24, 2.45) is 13.0 Å². The second kappa shape index (κ2) is 14.5. The number of rotatable bonds is 10. The maximum Gasteiger partial charge on any atom is 0.291 e. The fourth-order valence-electron chi connectivity index (χ4n) is 7.59. The highest BCUT2D eigenvalue weighted by Crippen LogP contribution is 2.46. The Kier molecular flexibility index (Phi) is 9.99. The Hall–Kier alpha value is -4.16. The third-order valence-corrected chi connectivity index (χ3v) is 10.9. The summed E-state index contributed by atoms with van der Waals surface area (Å²) < 4.78 is 35.7. The highest BCUT2D eigenvalue weighted by atomic mass is 35.5. The van der Waals surface area contributed by atoms with Crippen LogP contribution < -0.4 is 19.5 Å². The third-order valence-electron chi connectivity index (χ3n) is 10.2. The van der Waals surface area contributed by atoms with Crippen LogP contribution in [-0.2, 0) is 31.4 Å². The van der Waals surface area contributed by atoms with Gasteiger partial charge in [0.25, 0.3) is 5.91 Å². The molecule has 1 fully saturated rings. The van der Waals surface area contributed by atoms with Crippen molar-refractivity contribution in [2.75, 3.05) is 45.7 Å². The van der Waals surface area contributed by atoms with E-state index in [2.05, 4.69) is 20.1 Å². The molecule has 10 nitrogen and oxygen atoms in total. The largest absolute Gasteiger partial charge is 0.493 e. The van der Waals surface area contributed by atoms with E-state index in [-0.39, 0.29) is 29.0 Å². The van der Waals surface area contributed by atoms with Gasteiger partial charge in [-0.2, -0.15) is 4.39 Å². The van der Waals surface area contributed by atoms with E-state index in [1.807, 2.05) is 49.9 Å². The molecule has 4 heterocycles. The summed E-state index contributed by atoms with van der Waals surface area (Å²) in [6.07, 6.45) is 2.54. The molecule has 1 saturated heterocycles. The number of ether oxygens (including phenoxy) is 3. The minimum atomic E-state index is -0.682. The molecule has 3 aromatic carbocycles. The molecule has 2 atom stereocenters. The second-order valence-electron chi connectivity index (χ2n) is 13.6. The van der Waals surface area contributed by atoms with Gasteiger partial charge in [0.2, 0.25) is 5.82 Å². The van der Waals surface area contributed by atoms with Gasteiger partial charge in [-0.15, -0.1) is 0 Å². The number of aldehydes is 1. The lowest BCUT2D eigenvalue weighted by atomic mass is 9.93. The number of imidazole rings is 1. The summed E-state index contributed by atoms with van der Waals surface area (Å²) in [6, 6.07) is 10.9. The van der Waals surface area contributed by atoms with Crippen LogP contribution in [0, 0.1) is 18.7 Å².